The number of hydrogen-bond donors (Lipinski definition) is 0. The maximum atomic E-state index is 2.36. The summed E-state index contributed by atoms with van der Waals surface area (Å²) >= 11 is 0. The van der Waals surface area contributed by atoms with E-state index in [0.29, 0.717) is 0 Å². The Kier molecular flexibility index (Phi) is 3.23. The van der Waals surface area contributed by atoms with Crippen molar-refractivity contribution in [3.63, 3.8) is 0 Å². The molecule has 0 spiro atoms. The molecular formula is C14H17N. The van der Waals surface area contributed by atoms with E-state index in [4.69, 9.17) is 0 Å². The Balaban J connectivity index is 1.85. The summed E-state index contributed by atoms with van der Waals surface area (Å²) < 4.78 is 0. The second-order valence-electron chi connectivity index (χ2n) is 4.06. The van der Waals surface area contributed by atoms with Crippen LogP contribution in [0.4, 0.5) is 0 Å². The molecule has 0 aromatic heterocycles. The van der Waals surface area contributed by atoms with Crippen molar-refractivity contribution < 1.29 is 0 Å². The van der Waals surface area contributed by atoms with Crippen LogP contribution in [-0.4, -0.2) is 18.0 Å². The van der Waals surface area contributed by atoms with Crippen LogP contribution in [0, 0.1) is 0 Å². The Morgan fingerprint density at radius 3 is 2.73 bits per heavy atom. The van der Waals surface area contributed by atoms with Crippen molar-refractivity contribution in [2.75, 3.05) is 13.1 Å². The van der Waals surface area contributed by atoms with E-state index in [2.05, 4.69) is 60.5 Å². The summed E-state index contributed by atoms with van der Waals surface area (Å²) in [4.78, 5) is 2.36. The molecule has 0 saturated heterocycles. The van der Waals surface area contributed by atoms with Gasteiger partial charge in [0.1, 0.15) is 0 Å². The lowest BCUT2D eigenvalue weighted by Gasteiger charge is -2.23. The predicted molar refractivity (Wildman–Crippen MR) is 64.6 cm³/mol. The van der Waals surface area contributed by atoms with Crippen molar-refractivity contribution in [3.8, 4) is 0 Å². The Hall–Kier alpha value is -1.50. The molecule has 1 heterocycles. The third-order valence-electron chi connectivity index (χ3n) is 2.66. The molecule has 78 valence electrons. The van der Waals surface area contributed by atoms with Crippen molar-refractivity contribution >= 4 is 0 Å². The lowest BCUT2D eigenvalue weighted by Crippen LogP contribution is -2.23. The van der Waals surface area contributed by atoms with E-state index in [1.165, 1.54) is 11.1 Å². The first kappa shape index (κ1) is 10.0. The minimum absolute atomic E-state index is 1.07. The van der Waals surface area contributed by atoms with Gasteiger partial charge in [0.15, 0.2) is 0 Å². The van der Waals surface area contributed by atoms with Gasteiger partial charge >= 0.3 is 0 Å². The average Bonchev–Trinajstić information content (AvgIpc) is 2.28. The standard InChI is InChI=1S/C14H17N/c1-13-6-5-10-15(12-13)11-9-14-7-3-2-4-8-14/h2-8,10H,9,11-12H2,1H3. The molecule has 1 nitrogen and oxygen atoms in total. The lowest BCUT2D eigenvalue weighted by atomic mass is 10.1. The van der Waals surface area contributed by atoms with Gasteiger partial charge in [-0.25, -0.2) is 0 Å². The van der Waals surface area contributed by atoms with Gasteiger partial charge < -0.3 is 4.90 Å². The molecule has 0 radical (unpaired) electrons. The van der Waals surface area contributed by atoms with Gasteiger partial charge in [-0.15, -0.1) is 0 Å². The molecule has 0 bridgehead atoms. The minimum atomic E-state index is 1.07. The first-order valence-corrected chi connectivity index (χ1v) is 5.46. The van der Waals surface area contributed by atoms with Crippen molar-refractivity contribution in [2.45, 2.75) is 13.3 Å². The average molecular weight is 199 g/mol. The van der Waals surface area contributed by atoms with E-state index < -0.39 is 0 Å². The van der Waals surface area contributed by atoms with E-state index in [9.17, 15) is 0 Å². The zero-order chi connectivity index (χ0) is 10.5. The van der Waals surface area contributed by atoms with Crippen LogP contribution in [0.15, 0.2) is 54.3 Å². The van der Waals surface area contributed by atoms with Gasteiger partial charge in [0.05, 0.1) is 0 Å². The van der Waals surface area contributed by atoms with Crippen LogP contribution in [0.25, 0.3) is 0 Å². The third kappa shape index (κ3) is 2.98. The lowest BCUT2D eigenvalue weighted by molar-refractivity contribution is 0.406. The molecule has 1 aromatic rings. The van der Waals surface area contributed by atoms with Gasteiger partial charge in [-0.3, -0.25) is 0 Å². The van der Waals surface area contributed by atoms with Gasteiger partial charge in [0.25, 0.3) is 0 Å². The number of nitrogens with zero attached hydrogens (tertiary/aromatic N) is 1. The topological polar surface area (TPSA) is 3.24 Å². The van der Waals surface area contributed by atoms with Gasteiger partial charge in [-0.05, 0) is 31.2 Å². The fourth-order valence-electron chi connectivity index (χ4n) is 1.83. The number of allylic oxidation sites excluding steroid dienone is 2. The predicted octanol–water partition coefficient (Wildman–Crippen LogP) is 3.00. The van der Waals surface area contributed by atoms with Crippen LogP contribution in [0.3, 0.4) is 0 Å². The van der Waals surface area contributed by atoms with Gasteiger partial charge in [-0.2, -0.15) is 0 Å². The highest BCUT2D eigenvalue weighted by atomic mass is 15.1. The molecule has 0 amide bonds. The summed E-state index contributed by atoms with van der Waals surface area (Å²) in [6, 6.07) is 10.7. The van der Waals surface area contributed by atoms with Crippen molar-refractivity contribution in [1.29, 1.82) is 0 Å². The normalized spacial score (nSPS) is 15.3. The molecular weight excluding hydrogens is 182 g/mol. The molecule has 0 aliphatic carbocycles. The molecule has 0 atom stereocenters. The summed E-state index contributed by atoms with van der Waals surface area (Å²) in [5.74, 6) is 0. The van der Waals surface area contributed by atoms with Crippen LogP contribution in [0.2, 0.25) is 0 Å². The summed E-state index contributed by atoms with van der Waals surface area (Å²) in [6.45, 7) is 4.36. The first-order valence-electron chi connectivity index (χ1n) is 5.46. The summed E-state index contributed by atoms with van der Waals surface area (Å²) in [5, 5.41) is 0. The maximum absolute atomic E-state index is 2.36. The van der Waals surface area contributed by atoms with E-state index >= 15 is 0 Å². The van der Waals surface area contributed by atoms with Crippen LogP contribution in [-0.2, 0) is 6.42 Å². The maximum Gasteiger partial charge on any atom is 0.0383 e. The van der Waals surface area contributed by atoms with Crippen molar-refractivity contribution in [1.82, 2.24) is 4.90 Å². The van der Waals surface area contributed by atoms with Crippen LogP contribution in [0.5, 0.6) is 0 Å². The van der Waals surface area contributed by atoms with Crippen molar-refractivity contribution in [2.24, 2.45) is 0 Å². The minimum Gasteiger partial charge on any atom is -0.373 e. The largest absolute Gasteiger partial charge is 0.373 e. The van der Waals surface area contributed by atoms with Gasteiger partial charge in [-0.1, -0.05) is 42.0 Å². The molecule has 0 unspecified atom stereocenters. The zero-order valence-electron chi connectivity index (χ0n) is 9.19. The smallest absolute Gasteiger partial charge is 0.0383 e. The number of rotatable bonds is 3. The zero-order valence-corrected chi connectivity index (χ0v) is 9.19. The van der Waals surface area contributed by atoms with E-state index in [1.54, 1.807) is 0 Å². The second-order valence-corrected chi connectivity index (χ2v) is 4.06. The van der Waals surface area contributed by atoms with E-state index in [0.717, 1.165) is 19.5 Å². The molecule has 0 saturated carbocycles. The Bertz CT molecular complexity index is 362. The molecule has 2 rings (SSSR count). The monoisotopic (exact) mass is 199 g/mol. The molecule has 1 aliphatic heterocycles. The Morgan fingerprint density at radius 1 is 1.20 bits per heavy atom. The van der Waals surface area contributed by atoms with Gasteiger partial charge in [0.2, 0.25) is 0 Å². The van der Waals surface area contributed by atoms with Crippen molar-refractivity contribution in [3.05, 3.63) is 59.8 Å². The second kappa shape index (κ2) is 4.83. The summed E-state index contributed by atoms with van der Waals surface area (Å²) in [6.07, 6.45) is 7.61. The van der Waals surface area contributed by atoms with E-state index in [-0.39, 0.29) is 0 Å². The molecule has 1 aromatic carbocycles. The Labute approximate surface area is 91.7 Å². The molecule has 0 fully saturated rings. The third-order valence-corrected chi connectivity index (χ3v) is 2.66. The van der Waals surface area contributed by atoms with Crippen LogP contribution in [0.1, 0.15) is 12.5 Å². The fourth-order valence-corrected chi connectivity index (χ4v) is 1.83. The van der Waals surface area contributed by atoms with Gasteiger partial charge in [0, 0.05) is 13.1 Å². The number of hydrogen-bond acceptors (Lipinski definition) is 1. The molecule has 1 heteroatoms. The van der Waals surface area contributed by atoms with Crippen LogP contribution >= 0.6 is 0 Å². The fraction of sp³-hybridized carbons (Fsp3) is 0.286. The van der Waals surface area contributed by atoms with Crippen LogP contribution < -0.4 is 0 Å². The summed E-state index contributed by atoms with van der Waals surface area (Å²) in [5.41, 5.74) is 2.85. The SMILES string of the molecule is CC1=CC=CN(CCc2ccccc2)C1. The van der Waals surface area contributed by atoms with E-state index in [1.807, 2.05) is 0 Å². The highest BCUT2D eigenvalue weighted by Crippen LogP contribution is 2.08. The quantitative estimate of drug-likeness (QED) is 0.723. The highest BCUT2D eigenvalue weighted by molar-refractivity contribution is 5.18. The summed E-state index contributed by atoms with van der Waals surface area (Å²) in [7, 11) is 0. The Morgan fingerprint density at radius 2 is 2.00 bits per heavy atom. The molecule has 15 heavy (non-hydrogen) atoms. The number of benzene rings is 1. The molecule has 0 N–H and O–H groups in total. The molecule has 1 aliphatic rings. The first-order chi connectivity index (χ1) is 7.34. The highest BCUT2D eigenvalue weighted by Gasteiger charge is 2.03.